The molecule has 3 heterocycles. The van der Waals surface area contributed by atoms with Crippen molar-refractivity contribution < 1.29 is 14.7 Å². The highest BCUT2D eigenvalue weighted by Gasteiger charge is 2.16. The van der Waals surface area contributed by atoms with Gasteiger partial charge in [-0.2, -0.15) is 0 Å². The average molecular weight is 583 g/mol. The molecule has 3 N–H and O–H groups in total. The summed E-state index contributed by atoms with van der Waals surface area (Å²) < 4.78 is 3.02. The summed E-state index contributed by atoms with van der Waals surface area (Å²) in [6.45, 7) is 6.42. The number of benzene rings is 2. The molecule has 3 aromatic heterocycles. The molecule has 1 aliphatic carbocycles. The highest BCUT2D eigenvalue weighted by atomic mass is 32.1. The number of carbonyl (C=O) groups is 2. The lowest BCUT2D eigenvalue weighted by atomic mass is 10.0. The van der Waals surface area contributed by atoms with E-state index in [9.17, 15) is 4.79 Å². The van der Waals surface area contributed by atoms with Gasteiger partial charge in [0.05, 0.1) is 15.8 Å². The van der Waals surface area contributed by atoms with Crippen LogP contribution in [0.2, 0.25) is 0 Å². The van der Waals surface area contributed by atoms with Crippen molar-refractivity contribution in [3.63, 3.8) is 0 Å². The Balaban J connectivity index is 0.000000763. The first kappa shape index (κ1) is 30.1. The van der Waals surface area contributed by atoms with Crippen LogP contribution in [0.25, 0.3) is 27.3 Å². The number of aromatic nitrogens is 4. The first-order valence-electron chi connectivity index (χ1n) is 13.9. The molecule has 1 aliphatic rings. The molecule has 5 aromatic rings. The highest BCUT2D eigenvalue weighted by Crippen LogP contribution is 2.30. The molecule has 0 fully saturated rings. The van der Waals surface area contributed by atoms with Crippen LogP contribution in [-0.2, 0) is 4.79 Å². The van der Waals surface area contributed by atoms with Gasteiger partial charge in [-0.3, -0.25) is 14.0 Å². The number of anilines is 2. The molecule has 0 unspecified atom stereocenters. The molecular formula is C32H34N6O3S. The molecule has 0 spiro atoms. The smallest absolute Gasteiger partial charge is 0.290 e. The van der Waals surface area contributed by atoms with E-state index >= 15 is 0 Å². The monoisotopic (exact) mass is 582 g/mol. The second kappa shape index (κ2) is 14.7. The third-order valence-electron chi connectivity index (χ3n) is 6.39. The van der Waals surface area contributed by atoms with Gasteiger partial charge in [0.2, 0.25) is 0 Å². The van der Waals surface area contributed by atoms with Crippen molar-refractivity contribution in [1.29, 1.82) is 0 Å². The lowest BCUT2D eigenvalue weighted by molar-refractivity contribution is -0.122. The minimum atomic E-state index is -0.250. The zero-order valence-corrected chi connectivity index (χ0v) is 24.7. The predicted molar refractivity (Wildman–Crippen MR) is 170 cm³/mol. The molecule has 10 heteroatoms. The Hall–Kier alpha value is -4.83. The summed E-state index contributed by atoms with van der Waals surface area (Å²) in [5, 5.41) is 22.9. The van der Waals surface area contributed by atoms with Crippen molar-refractivity contribution in [2.24, 2.45) is 0 Å². The van der Waals surface area contributed by atoms with Crippen LogP contribution in [0.3, 0.4) is 0 Å². The SMILES string of the molecule is CC.Cc1ccc2nc(Nc3ccc(-c4nnc5c(C(=O)NCCC6=CCCC=C6)cccn45)cc3)sc2c1.O=CO. The van der Waals surface area contributed by atoms with Gasteiger partial charge in [-0.25, -0.2) is 4.98 Å². The summed E-state index contributed by atoms with van der Waals surface area (Å²) >= 11 is 1.63. The topological polar surface area (TPSA) is 122 Å². The summed E-state index contributed by atoms with van der Waals surface area (Å²) in [7, 11) is 0. The Labute approximate surface area is 248 Å². The first-order chi connectivity index (χ1) is 20.6. The van der Waals surface area contributed by atoms with Crippen molar-refractivity contribution in [1.82, 2.24) is 24.9 Å². The number of thiazole rings is 1. The molecule has 0 atom stereocenters. The van der Waals surface area contributed by atoms with Gasteiger partial charge in [0.15, 0.2) is 16.6 Å². The van der Waals surface area contributed by atoms with Crippen molar-refractivity contribution in [2.45, 2.75) is 40.0 Å². The Morgan fingerprint density at radius 3 is 2.62 bits per heavy atom. The lowest BCUT2D eigenvalue weighted by Crippen LogP contribution is -2.25. The standard InChI is InChI=1S/C29H26N6OS.C2H6.CH2O2/c1-19-9-14-24-25(18-19)37-29(32-24)31-22-12-10-21(11-13-22)26-33-34-27-23(8-5-17-35(26)27)28(36)30-16-15-20-6-3-2-4-7-20;1-2;2-1-3/h3,5-14,17-18H,2,4,15-16H2,1H3,(H,30,36)(H,31,32);1-2H3;1H,(H,2,3). The minimum absolute atomic E-state index is 0.143. The number of carbonyl (C=O) groups excluding carboxylic acids is 1. The fourth-order valence-corrected chi connectivity index (χ4v) is 5.45. The number of amides is 1. The minimum Gasteiger partial charge on any atom is -0.483 e. The number of carboxylic acid groups (broad SMARTS) is 1. The maximum atomic E-state index is 12.9. The fraction of sp³-hybridized carbons (Fsp3) is 0.219. The Bertz CT molecular complexity index is 1720. The largest absolute Gasteiger partial charge is 0.483 e. The summed E-state index contributed by atoms with van der Waals surface area (Å²) in [6.07, 6.45) is 11.4. The molecule has 9 nitrogen and oxygen atoms in total. The molecule has 0 aliphatic heterocycles. The third kappa shape index (κ3) is 7.27. The number of hydrogen-bond donors (Lipinski definition) is 3. The molecule has 42 heavy (non-hydrogen) atoms. The van der Waals surface area contributed by atoms with Crippen LogP contribution in [0.15, 0.2) is 84.6 Å². The number of rotatable bonds is 7. The summed E-state index contributed by atoms with van der Waals surface area (Å²) in [6, 6.07) is 17.9. The van der Waals surface area contributed by atoms with Gasteiger partial charge in [0.1, 0.15) is 0 Å². The van der Waals surface area contributed by atoms with Crippen molar-refractivity contribution in [3.8, 4) is 11.4 Å². The number of allylic oxidation sites excluding steroid dienone is 3. The summed E-state index contributed by atoms with van der Waals surface area (Å²) in [5.41, 5.74) is 6.39. The van der Waals surface area contributed by atoms with E-state index in [4.69, 9.17) is 9.90 Å². The van der Waals surface area contributed by atoms with E-state index in [2.05, 4.69) is 63.1 Å². The molecule has 2 aromatic carbocycles. The number of pyridine rings is 1. The van der Waals surface area contributed by atoms with Crippen molar-refractivity contribution in [3.05, 3.63) is 95.7 Å². The van der Waals surface area contributed by atoms with Crippen LogP contribution in [0, 0.1) is 6.92 Å². The Kier molecular flexibility index (Phi) is 10.5. The maximum absolute atomic E-state index is 12.9. The second-order valence-electron chi connectivity index (χ2n) is 9.20. The van der Waals surface area contributed by atoms with E-state index in [0.29, 0.717) is 23.6 Å². The van der Waals surface area contributed by atoms with Gasteiger partial charge in [-0.05, 0) is 80.3 Å². The number of nitrogens with zero attached hydrogens (tertiary/aromatic N) is 4. The van der Waals surface area contributed by atoms with Crippen molar-refractivity contribution in [2.75, 3.05) is 11.9 Å². The average Bonchev–Trinajstić information content (AvgIpc) is 3.63. The zero-order chi connectivity index (χ0) is 29.9. The van der Waals surface area contributed by atoms with Crippen LogP contribution >= 0.6 is 11.3 Å². The van der Waals surface area contributed by atoms with E-state index in [0.717, 1.165) is 45.9 Å². The Morgan fingerprint density at radius 1 is 1.10 bits per heavy atom. The fourth-order valence-electron chi connectivity index (χ4n) is 4.47. The first-order valence-corrected chi connectivity index (χ1v) is 14.7. The van der Waals surface area contributed by atoms with Gasteiger partial charge in [-0.15, -0.1) is 10.2 Å². The Morgan fingerprint density at radius 2 is 1.88 bits per heavy atom. The van der Waals surface area contributed by atoms with Crippen LogP contribution < -0.4 is 10.6 Å². The second-order valence-corrected chi connectivity index (χ2v) is 10.2. The molecule has 0 saturated carbocycles. The molecule has 0 saturated heterocycles. The summed E-state index contributed by atoms with van der Waals surface area (Å²) in [4.78, 5) is 25.9. The van der Waals surface area contributed by atoms with Gasteiger partial charge in [-0.1, -0.05) is 55.1 Å². The van der Waals surface area contributed by atoms with Gasteiger partial charge >= 0.3 is 0 Å². The zero-order valence-electron chi connectivity index (χ0n) is 23.9. The van der Waals surface area contributed by atoms with E-state index in [1.807, 2.05) is 60.8 Å². The molecule has 0 radical (unpaired) electrons. The normalized spacial score (nSPS) is 12.0. The maximum Gasteiger partial charge on any atom is 0.290 e. The van der Waals surface area contributed by atoms with E-state index in [-0.39, 0.29) is 12.4 Å². The van der Waals surface area contributed by atoms with Gasteiger partial charge < -0.3 is 15.7 Å². The molecule has 6 rings (SSSR count). The van der Waals surface area contributed by atoms with Gasteiger partial charge in [0, 0.05) is 24.0 Å². The molecule has 216 valence electrons. The van der Waals surface area contributed by atoms with Crippen LogP contribution in [0.1, 0.15) is 49.0 Å². The predicted octanol–water partition coefficient (Wildman–Crippen LogP) is 7.18. The lowest BCUT2D eigenvalue weighted by Gasteiger charge is -2.09. The van der Waals surface area contributed by atoms with E-state index in [1.54, 1.807) is 17.4 Å². The number of nitrogens with one attached hydrogen (secondary N) is 2. The molecular weight excluding hydrogens is 548 g/mol. The van der Waals surface area contributed by atoms with E-state index in [1.165, 1.54) is 11.1 Å². The van der Waals surface area contributed by atoms with Crippen LogP contribution in [0.4, 0.5) is 10.8 Å². The van der Waals surface area contributed by atoms with Gasteiger partial charge in [0.25, 0.3) is 12.4 Å². The number of hydrogen-bond acceptors (Lipinski definition) is 7. The van der Waals surface area contributed by atoms with Crippen LogP contribution in [0.5, 0.6) is 0 Å². The molecule has 1 amide bonds. The van der Waals surface area contributed by atoms with Crippen molar-refractivity contribution >= 4 is 50.4 Å². The van der Waals surface area contributed by atoms with Crippen LogP contribution in [-0.4, -0.2) is 43.6 Å². The van der Waals surface area contributed by atoms with E-state index < -0.39 is 0 Å². The number of aryl methyl sites for hydroxylation is 1. The molecule has 0 bridgehead atoms. The number of fused-ring (bicyclic) bond motifs is 2. The summed E-state index contributed by atoms with van der Waals surface area (Å²) in [5.74, 6) is 0.541. The quantitative estimate of drug-likeness (QED) is 0.174. The third-order valence-corrected chi connectivity index (χ3v) is 7.32. The highest BCUT2D eigenvalue weighted by molar-refractivity contribution is 7.22.